The molecule has 0 aliphatic carbocycles. The number of piperidine rings is 1. The maximum atomic E-state index is 15.1. The van der Waals surface area contributed by atoms with E-state index in [1.165, 1.54) is 12.1 Å². The van der Waals surface area contributed by atoms with Crippen LogP contribution < -0.4 is 19.7 Å². The van der Waals surface area contributed by atoms with Gasteiger partial charge in [-0.1, -0.05) is 6.07 Å². The maximum absolute atomic E-state index is 15.1. The first kappa shape index (κ1) is 27.9. The van der Waals surface area contributed by atoms with E-state index in [1.54, 1.807) is 12.1 Å². The van der Waals surface area contributed by atoms with Gasteiger partial charge in [0.1, 0.15) is 18.1 Å². The van der Waals surface area contributed by atoms with Crippen LogP contribution in [-0.2, 0) is 0 Å². The first-order valence-corrected chi connectivity index (χ1v) is 13.1. The lowest BCUT2D eigenvalue weighted by Crippen LogP contribution is -2.38. The first-order chi connectivity index (χ1) is 19.0. The quantitative estimate of drug-likeness (QED) is 0.345. The van der Waals surface area contributed by atoms with Gasteiger partial charge in [-0.3, -0.25) is 0 Å². The summed E-state index contributed by atoms with van der Waals surface area (Å²) in [5.41, 5.74) is 1.10. The highest BCUT2D eigenvalue weighted by Gasteiger charge is 2.34. The van der Waals surface area contributed by atoms with Gasteiger partial charge in [-0.05, 0) is 82.6 Å². The molecule has 2 aromatic carbocycles. The smallest absolute Gasteiger partial charge is 0.486 e. The molecule has 2 aliphatic rings. The zero-order valence-electron chi connectivity index (χ0n) is 22.4. The summed E-state index contributed by atoms with van der Waals surface area (Å²) >= 11 is 0. The summed E-state index contributed by atoms with van der Waals surface area (Å²) in [7, 11) is 2.03. The first-order valence-electron chi connectivity index (χ1n) is 13.1. The van der Waals surface area contributed by atoms with Crippen LogP contribution >= 0.6 is 0 Å². The van der Waals surface area contributed by atoms with Crippen LogP contribution in [0.3, 0.4) is 0 Å². The lowest BCUT2D eigenvalue weighted by atomic mass is 9.89. The average molecular weight is 564 g/mol. The Balaban J connectivity index is 1.49. The summed E-state index contributed by atoms with van der Waals surface area (Å²) in [5, 5.41) is 2.85. The van der Waals surface area contributed by atoms with Gasteiger partial charge < -0.3 is 24.6 Å². The van der Waals surface area contributed by atoms with E-state index in [4.69, 9.17) is 4.74 Å². The molecule has 3 heterocycles. The number of aromatic nitrogens is 2. The van der Waals surface area contributed by atoms with E-state index in [9.17, 15) is 13.2 Å². The molecule has 12 heteroatoms. The van der Waals surface area contributed by atoms with Crippen LogP contribution in [0.5, 0.6) is 11.5 Å². The largest absolute Gasteiger partial charge is 0.573 e. The molecule has 0 unspecified atom stereocenters. The van der Waals surface area contributed by atoms with Gasteiger partial charge in [0.25, 0.3) is 0 Å². The van der Waals surface area contributed by atoms with Crippen LogP contribution in [0.15, 0.2) is 36.5 Å². The van der Waals surface area contributed by atoms with E-state index in [0.717, 1.165) is 38.2 Å². The summed E-state index contributed by atoms with van der Waals surface area (Å²) in [6, 6.07) is 7.24. The van der Waals surface area contributed by atoms with Crippen LogP contribution in [0.2, 0.25) is 0 Å². The Kier molecular flexibility index (Phi) is 7.72. The SMILES string of the molecule is CC(C)N1CCOc2c(F)cc(-c3nc(Nc4ccc(C5CCN(C)CC5)c(F)c4)ncc3OC(F)(F)F)cc21. The molecule has 0 atom stereocenters. The van der Waals surface area contributed by atoms with Crippen LogP contribution in [0, 0.1) is 11.6 Å². The number of rotatable bonds is 6. The number of benzene rings is 2. The molecule has 214 valence electrons. The van der Waals surface area contributed by atoms with Crippen molar-refractivity contribution in [2.45, 2.75) is 45.0 Å². The summed E-state index contributed by atoms with van der Waals surface area (Å²) in [6.45, 7) is 6.37. The molecule has 1 saturated heterocycles. The minimum Gasteiger partial charge on any atom is -0.486 e. The Bertz CT molecular complexity index is 1380. The van der Waals surface area contributed by atoms with Crippen molar-refractivity contribution in [2.24, 2.45) is 0 Å². The number of nitrogens with one attached hydrogen (secondary N) is 1. The maximum Gasteiger partial charge on any atom is 0.573 e. The predicted molar refractivity (Wildman–Crippen MR) is 141 cm³/mol. The van der Waals surface area contributed by atoms with Gasteiger partial charge in [-0.15, -0.1) is 13.2 Å². The van der Waals surface area contributed by atoms with E-state index in [0.29, 0.717) is 23.5 Å². The fraction of sp³-hybridized carbons (Fsp3) is 0.429. The predicted octanol–water partition coefficient (Wildman–Crippen LogP) is 6.48. The van der Waals surface area contributed by atoms with Gasteiger partial charge in [0.2, 0.25) is 5.95 Å². The summed E-state index contributed by atoms with van der Waals surface area (Å²) in [5.74, 6) is -1.80. The molecule has 0 amide bonds. The molecule has 5 rings (SSSR count). The van der Waals surface area contributed by atoms with Crippen molar-refractivity contribution in [1.82, 2.24) is 14.9 Å². The average Bonchev–Trinajstić information content (AvgIpc) is 2.89. The van der Waals surface area contributed by atoms with E-state index in [2.05, 4.69) is 24.9 Å². The molecule has 7 nitrogen and oxygen atoms in total. The summed E-state index contributed by atoms with van der Waals surface area (Å²) < 4.78 is 79.5. The fourth-order valence-corrected chi connectivity index (χ4v) is 5.20. The second kappa shape index (κ2) is 11.1. The number of anilines is 3. The van der Waals surface area contributed by atoms with Crippen LogP contribution in [0.1, 0.15) is 38.2 Å². The zero-order valence-corrected chi connectivity index (χ0v) is 22.4. The zero-order chi connectivity index (χ0) is 28.6. The number of likely N-dealkylation sites (tertiary alicyclic amines) is 1. The molecular formula is C28H30F5N5O2. The van der Waals surface area contributed by atoms with Crippen molar-refractivity contribution in [2.75, 3.05) is 43.5 Å². The van der Waals surface area contributed by atoms with Crippen molar-refractivity contribution in [3.8, 4) is 22.8 Å². The topological polar surface area (TPSA) is 62.8 Å². The van der Waals surface area contributed by atoms with E-state index in [-0.39, 0.29) is 47.3 Å². The van der Waals surface area contributed by atoms with Crippen molar-refractivity contribution in [1.29, 1.82) is 0 Å². The van der Waals surface area contributed by atoms with Gasteiger partial charge in [-0.25, -0.2) is 18.7 Å². The molecule has 0 saturated carbocycles. The Morgan fingerprint density at radius 2 is 1.80 bits per heavy atom. The van der Waals surface area contributed by atoms with Crippen LogP contribution in [0.4, 0.5) is 39.3 Å². The highest BCUT2D eigenvalue weighted by atomic mass is 19.4. The third-order valence-electron chi connectivity index (χ3n) is 7.20. The minimum atomic E-state index is -5.03. The van der Waals surface area contributed by atoms with Crippen LogP contribution in [-0.4, -0.2) is 60.6 Å². The fourth-order valence-electron chi connectivity index (χ4n) is 5.20. The molecule has 0 spiro atoms. The summed E-state index contributed by atoms with van der Waals surface area (Å²) in [6.07, 6.45) is -2.47. The number of halogens is 5. The van der Waals surface area contributed by atoms with Gasteiger partial charge in [0.15, 0.2) is 17.3 Å². The number of hydrogen-bond acceptors (Lipinski definition) is 7. The van der Waals surface area contributed by atoms with Gasteiger partial charge in [-0.2, -0.15) is 0 Å². The van der Waals surface area contributed by atoms with Gasteiger partial charge in [0, 0.05) is 17.3 Å². The molecule has 3 aromatic rings. The number of fused-ring (bicyclic) bond motifs is 1. The third-order valence-corrected chi connectivity index (χ3v) is 7.20. The van der Waals surface area contributed by atoms with Crippen molar-refractivity contribution in [3.63, 3.8) is 0 Å². The third kappa shape index (κ3) is 6.06. The van der Waals surface area contributed by atoms with Crippen molar-refractivity contribution < 1.29 is 31.4 Å². The molecule has 1 aromatic heterocycles. The van der Waals surface area contributed by atoms with Crippen molar-refractivity contribution >= 4 is 17.3 Å². The Morgan fingerprint density at radius 3 is 2.48 bits per heavy atom. The molecule has 2 aliphatic heterocycles. The Morgan fingerprint density at radius 1 is 1.05 bits per heavy atom. The second-order valence-electron chi connectivity index (χ2n) is 10.3. The lowest BCUT2D eigenvalue weighted by Gasteiger charge is -2.34. The van der Waals surface area contributed by atoms with Crippen molar-refractivity contribution in [3.05, 3.63) is 53.7 Å². The van der Waals surface area contributed by atoms with E-state index in [1.807, 2.05) is 25.8 Å². The molecule has 1 N–H and O–H groups in total. The monoisotopic (exact) mass is 563 g/mol. The standard InChI is InChI=1S/C28H30F5N5O2/c1-16(2)38-10-11-39-26-22(30)12-18(13-23(26)38)25-24(40-28(31,32)33)15-34-27(36-25)35-19-4-5-20(21(29)14-19)17-6-8-37(3)9-7-17/h4-5,12-17H,6-11H2,1-3H3,(H,34,35,36). The lowest BCUT2D eigenvalue weighted by molar-refractivity contribution is -0.274. The molecule has 0 bridgehead atoms. The van der Waals surface area contributed by atoms with E-state index < -0.39 is 17.9 Å². The summed E-state index contributed by atoms with van der Waals surface area (Å²) in [4.78, 5) is 12.3. The second-order valence-corrected chi connectivity index (χ2v) is 10.3. The van der Waals surface area contributed by atoms with Gasteiger partial charge >= 0.3 is 6.36 Å². The number of hydrogen-bond donors (Lipinski definition) is 1. The normalized spacial score (nSPS) is 16.6. The Hall–Kier alpha value is -3.67. The number of nitrogens with zero attached hydrogens (tertiary/aromatic N) is 4. The minimum absolute atomic E-state index is 0.0155. The van der Waals surface area contributed by atoms with Crippen LogP contribution in [0.25, 0.3) is 11.3 Å². The molecule has 40 heavy (non-hydrogen) atoms. The molecule has 1 fully saturated rings. The van der Waals surface area contributed by atoms with Gasteiger partial charge in [0.05, 0.1) is 18.4 Å². The highest BCUT2D eigenvalue weighted by Crippen LogP contribution is 2.42. The number of ether oxygens (including phenoxy) is 2. The molecular weight excluding hydrogens is 533 g/mol. The Labute approximate surface area is 228 Å². The van der Waals surface area contributed by atoms with E-state index >= 15 is 8.78 Å². The highest BCUT2D eigenvalue weighted by molar-refractivity contribution is 5.76. The number of alkyl halides is 3. The molecule has 0 radical (unpaired) electrons.